The summed E-state index contributed by atoms with van der Waals surface area (Å²) >= 11 is 0. The van der Waals surface area contributed by atoms with Crippen LogP contribution in [0.4, 0.5) is 5.69 Å². The third kappa shape index (κ3) is 3.21. The summed E-state index contributed by atoms with van der Waals surface area (Å²) in [5.74, 6) is 0.828. The average Bonchev–Trinajstić information content (AvgIpc) is 3.31. The van der Waals surface area contributed by atoms with Gasteiger partial charge in [0.05, 0.1) is 32.1 Å². The first-order chi connectivity index (χ1) is 12.3. The first kappa shape index (κ1) is 15.7. The lowest BCUT2D eigenvalue weighted by atomic mass is 10.2. The van der Waals surface area contributed by atoms with Gasteiger partial charge in [-0.1, -0.05) is 47.7 Å². The molecule has 128 valence electrons. The van der Waals surface area contributed by atoms with E-state index in [0.29, 0.717) is 13.2 Å². The van der Waals surface area contributed by atoms with Crippen molar-refractivity contribution in [3.63, 3.8) is 0 Å². The van der Waals surface area contributed by atoms with Gasteiger partial charge in [-0.15, -0.1) is 5.10 Å². The standard InChI is InChI=1S/C19H20N4O2/c1-24-18-10-6-5-9-17(18)23-11-12-25-19(23)16-14-22(21-20-16)13-15-7-3-2-4-8-15/h2-10,14,19H,11-13H2,1H3/t19-/m1/s1. The van der Waals surface area contributed by atoms with Gasteiger partial charge in [0.25, 0.3) is 0 Å². The van der Waals surface area contributed by atoms with Gasteiger partial charge in [0.15, 0.2) is 6.23 Å². The molecule has 6 nitrogen and oxygen atoms in total. The molecule has 25 heavy (non-hydrogen) atoms. The van der Waals surface area contributed by atoms with Gasteiger partial charge in [-0.2, -0.15) is 0 Å². The fourth-order valence-corrected chi connectivity index (χ4v) is 3.10. The lowest BCUT2D eigenvalue weighted by Gasteiger charge is -2.25. The van der Waals surface area contributed by atoms with Crippen molar-refractivity contribution in [1.82, 2.24) is 15.0 Å². The number of hydrogen-bond donors (Lipinski definition) is 0. The van der Waals surface area contributed by atoms with Gasteiger partial charge >= 0.3 is 0 Å². The first-order valence-electron chi connectivity index (χ1n) is 8.30. The Morgan fingerprint density at radius 2 is 1.92 bits per heavy atom. The predicted octanol–water partition coefficient (Wildman–Crippen LogP) is 2.87. The Bertz CT molecular complexity index is 834. The Hall–Kier alpha value is -2.86. The van der Waals surface area contributed by atoms with Gasteiger partial charge in [-0.05, 0) is 17.7 Å². The number of rotatable bonds is 5. The molecular weight excluding hydrogens is 316 g/mol. The lowest BCUT2D eigenvalue weighted by Crippen LogP contribution is -2.24. The minimum atomic E-state index is -0.249. The van der Waals surface area contributed by atoms with E-state index in [0.717, 1.165) is 23.7 Å². The van der Waals surface area contributed by atoms with E-state index in [1.54, 1.807) is 7.11 Å². The summed E-state index contributed by atoms with van der Waals surface area (Å²) in [6.45, 7) is 2.13. The van der Waals surface area contributed by atoms with Crippen LogP contribution < -0.4 is 9.64 Å². The van der Waals surface area contributed by atoms with Crippen molar-refractivity contribution in [3.05, 3.63) is 72.1 Å². The minimum Gasteiger partial charge on any atom is -0.495 e. The van der Waals surface area contributed by atoms with Gasteiger partial charge in [0.2, 0.25) is 0 Å². The zero-order valence-electron chi connectivity index (χ0n) is 14.1. The molecule has 0 saturated carbocycles. The van der Waals surface area contributed by atoms with E-state index in [1.807, 2.05) is 53.3 Å². The molecule has 0 aliphatic carbocycles. The summed E-state index contributed by atoms with van der Waals surface area (Å²) in [6.07, 6.45) is 1.70. The minimum absolute atomic E-state index is 0.249. The molecule has 0 spiro atoms. The van der Waals surface area contributed by atoms with Crippen molar-refractivity contribution in [2.75, 3.05) is 25.2 Å². The fraction of sp³-hybridized carbons (Fsp3) is 0.263. The Labute approximate surface area is 146 Å². The monoisotopic (exact) mass is 336 g/mol. The average molecular weight is 336 g/mol. The van der Waals surface area contributed by atoms with Crippen molar-refractivity contribution >= 4 is 5.69 Å². The second-order valence-corrected chi connectivity index (χ2v) is 5.91. The number of anilines is 1. The maximum atomic E-state index is 5.92. The zero-order chi connectivity index (χ0) is 17.1. The second kappa shape index (κ2) is 6.94. The quantitative estimate of drug-likeness (QED) is 0.717. The highest BCUT2D eigenvalue weighted by Gasteiger charge is 2.31. The molecule has 1 aliphatic heterocycles. The smallest absolute Gasteiger partial charge is 0.177 e. The molecule has 1 saturated heterocycles. The van der Waals surface area contributed by atoms with E-state index in [9.17, 15) is 0 Å². The predicted molar refractivity (Wildman–Crippen MR) is 94.6 cm³/mol. The van der Waals surface area contributed by atoms with Crippen LogP contribution in [0.3, 0.4) is 0 Å². The second-order valence-electron chi connectivity index (χ2n) is 5.91. The lowest BCUT2D eigenvalue weighted by molar-refractivity contribution is 0.110. The molecule has 0 N–H and O–H groups in total. The molecular formula is C19H20N4O2. The summed E-state index contributed by atoms with van der Waals surface area (Å²) < 4.78 is 13.3. The Balaban J connectivity index is 1.57. The SMILES string of the molecule is COc1ccccc1N1CCO[C@@H]1c1cn(Cc2ccccc2)nn1. The highest BCUT2D eigenvalue weighted by molar-refractivity contribution is 5.59. The number of hydrogen-bond acceptors (Lipinski definition) is 5. The highest BCUT2D eigenvalue weighted by Crippen LogP contribution is 2.36. The van der Waals surface area contributed by atoms with Crippen LogP contribution in [0, 0.1) is 0 Å². The van der Waals surface area contributed by atoms with Crippen LogP contribution in [0.2, 0.25) is 0 Å². The van der Waals surface area contributed by atoms with E-state index in [1.165, 1.54) is 5.56 Å². The van der Waals surface area contributed by atoms with Crippen LogP contribution in [-0.4, -0.2) is 35.3 Å². The topological polar surface area (TPSA) is 52.4 Å². The molecule has 0 bridgehead atoms. The summed E-state index contributed by atoms with van der Waals surface area (Å²) in [5, 5.41) is 8.59. The van der Waals surface area contributed by atoms with Crippen molar-refractivity contribution in [3.8, 4) is 5.75 Å². The molecule has 1 aliphatic rings. The number of nitrogens with zero attached hydrogens (tertiary/aromatic N) is 4. The van der Waals surface area contributed by atoms with Crippen molar-refractivity contribution in [1.29, 1.82) is 0 Å². The molecule has 2 aromatic carbocycles. The maximum absolute atomic E-state index is 5.92. The third-order valence-electron chi connectivity index (χ3n) is 4.28. The fourth-order valence-electron chi connectivity index (χ4n) is 3.10. The van der Waals surface area contributed by atoms with Crippen molar-refractivity contribution in [2.45, 2.75) is 12.8 Å². The number of aromatic nitrogens is 3. The molecule has 6 heteroatoms. The number of para-hydroxylation sites is 2. The molecule has 0 amide bonds. The number of ether oxygens (including phenoxy) is 2. The molecule has 0 radical (unpaired) electrons. The number of methoxy groups -OCH3 is 1. The Morgan fingerprint density at radius 3 is 2.76 bits per heavy atom. The van der Waals surface area contributed by atoms with E-state index in [-0.39, 0.29) is 6.23 Å². The van der Waals surface area contributed by atoms with Crippen LogP contribution >= 0.6 is 0 Å². The molecule has 2 heterocycles. The van der Waals surface area contributed by atoms with Crippen LogP contribution in [-0.2, 0) is 11.3 Å². The van der Waals surface area contributed by atoms with Gasteiger partial charge in [-0.25, -0.2) is 4.68 Å². The van der Waals surface area contributed by atoms with Gasteiger partial charge in [0.1, 0.15) is 11.4 Å². The van der Waals surface area contributed by atoms with Gasteiger partial charge < -0.3 is 14.4 Å². The van der Waals surface area contributed by atoms with Crippen molar-refractivity contribution in [2.24, 2.45) is 0 Å². The Morgan fingerprint density at radius 1 is 1.12 bits per heavy atom. The maximum Gasteiger partial charge on any atom is 0.177 e. The number of benzene rings is 2. The van der Waals surface area contributed by atoms with E-state index in [4.69, 9.17) is 9.47 Å². The Kier molecular flexibility index (Phi) is 4.35. The third-order valence-corrected chi connectivity index (χ3v) is 4.28. The largest absolute Gasteiger partial charge is 0.495 e. The normalized spacial score (nSPS) is 17.0. The van der Waals surface area contributed by atoms with E-state index in [2.05, 4.69) is 27.3 Å². The van der Waals surface area contributed by atoms with E-state index < -0.39 is 0 Å². The molecule has 1 aromatic heterocycles. The van der Waals surface area contributed by atoms with Crippen molar-refractivity contribution < 1.29 is 9.47 Å². The summed E-state index contributed by atoms with van der Waals surface area (Å²) in [7, 11) is 1.68. The highest BCUT2D eigenvalue weighted by atomic mass is 16.5. The summed E-state index contributed by atoms with van der Waals surface area (Å²) in [6, 6.07) is 18.2. The molecule has 4 rings (SSSR count). The zero-order valence-corrected chi connectivity index (χ0v) is 14.1. The summed E-state index contributed by atoms with van der Waals surface area (Å²) in [5.41, 5.74) is 3.00. The van der Waals surface area contributed by atoms with Crippen LogP contribution in [0.15, 0.2) is 60.8 Å². The van der Waals surface area contributed by atoms with Crippen LogP contribution in [0.25, 0.3) is 0 Å². The molecule has 1 atom stereocenters. The van der Waals surface area contributed by atoms with Crippen LogP contribution in [0.5, 0.6) is 5.75 Å². The van der Waals surface area contributed by atoms with E-state index >= 15 is 0 Å². The van der Waals surface area contributed by atoms with Gasteiger partial charge in [-0.3, -0.25) is 0 Å². The molecule has 1 fully saturated rings. The summed E-state index contributed by atoms with van der Waals surface area (Å²) in [4.78, 5) is 2.16. The van der Waals surface area contributed by atoms with Gasteiger partial charge in [0, 0.05) is 6.54 Å². The molecule has 0 unspecified atom stereocenters. The first-order valence-corrected chi connectivity index (χ1v) is 8.30. The molecule has 3 aromatic rings. The van der Waals surface area contributed by atoms with Crippen LogP contribution in [0.1, 0.15) is 17.5 Å².